The predicted octanol–water partition coefficient (Wildman–Crippen LogP) is 2.01. The third kappa shape index (κ3) is 4.56. The van der Waals surface area contributed by atoms with Crippen LogP contribution in [0.4, 0.5) is 4.39 Å². The summed E-state index contributed by atoms with van der Waals surface area (Å²) in [6.07, 6.45) is 0.678. The van der Waals surface area contributed by atoms with Crippen molar-refractivity contribution in [3.63, 3.8) is 0 Å². The van der Waals surface area contributed by atoms with Crippen LogP contribution in [-0.4, -0.2) is 21.0 Å². The Balaban J connectivity index is 3.12. The highest BCUT2D eigenvalue weighted by Gasteiger charge is 2.20. The van der Waals surface area contributed by atoms with E-state index in [4.69, 9.17) is 0 Å². The highest BCUT2D eigenvalue weighted by Crippen LogP contribution is 2.18. The quantitative estimate of drug-likeness (QED) is 0.807. The van der Waals surface area contributed by atoms with Crippen molar-refractivity contribution in [1.29, 1.82) is 0 Å². The van der Waals surface area contributed by atoms with Gasteiger partial charge in [-0.1, -0.05) is 19.9 Å². The number of hydrogen-bond acceptors (Lipinski definition) is 3. The van der Waals surface area contributed by atoms with E-state index in [1.807, 2.05) is 13.8 Å². The van der Waals surface area contributed by atoms with Crippen LogP contribution in [0.25, 0.3) is 0 Å². The van der Waals surface area contributed by atoms with Crippen molar-refractivity contribution in [2.45, 2.75) is 44.7 Å². The lowest BCUT2D eigenvalue weighted by Gasteiger charge is -2.15. The van der Waals surface area contributed by atoms with Crippen LogP contribution in [0.15, 0.2) is 23.1 Å². The summed E-state index contributed by atoms with van der Waals surface area (Å²) in [7, 11) is -3.69. The number of halogens is 1. The molecule has 1 aromatic rings. The molecule has 2 N–H and O–H groups in total. The van der Waals surface area contributed by atoms with E-state index in [1.54, 1.807) is 6.92 Å². The molecule has 1 unspecified atom stereocenters. The Morgan fingerprint density at radius 3 is 2.58 bits per heavy atom. The van der Waals surface area contributed by atoms with E-state index in [1.165, 1.54) is 12.1 Å². The SMILES string of the molecule is CCNCc1ccc(F)cc1S(=O)(=O)NC(C)CC. The maximum atomic E-state index is 13.3. The summed E-state index contributed by atoms with van der Waals surface area (Å²) < 4.78 is 40.3. The molecular formula is C13H21FN2O2S. The van der Waals surface area contributed by atoms with Crippen LogP contribution in [0.3, 0.4) is 0 Å². The molecule has 0 bridgehead atoms. The summed E-state index contributed by atoms with van der Waals surface area (Å²) in [6.45, 7) is 6.71. The first-order valence-corrected chi connectivity index (χ1v) is 7.90. The normalized spacial score (nSPS) is 13.5. The molecule has 0 aliphatic rings. The standard InChI is InChI=1S/C13H21FN2O2S/c1-4-10(3)16-19(17,18)13-8-12(14)7-6-11(13)9-15-5-2/h6-8,10,15-16H,4-5,9H2,1-3H3. The minimum Gasteiger partial charge on any atom is -0.313 e. The lowest BCUT2D eigenvalue weighted by molar-refractivity contribution is 0.551. The van der Waals surface area contributed by atoms with Crippen molar-refractivity contribution < 1.29 is 12.8 Å². The molecule has 0 aliphatic heterocycles. The smallest absolute Gasteiger partial charge is 0.241 e. The molecule has 0 aliphatic carbocycles. The van der Waals surface area contributed by atoms with Gasteiger partial charge >= 0.3 is 0 Å². The van der Waals surface area contributed by atoms with Gasteiger partial charge in [0.2, 0.25) is 10.0 Å². The molecular weight excluding hydrogens is 267 g/mol. The summed E-state index contributed by atoms with van der Waals surface area (Å²) >= 11 is 0. The van der Waals surface area contributed by atoms with Crippen molar-refractivity contribution in [2.24, 2.45) is 0 Å². The highest BCUT2D eigenvalue weighted by molar-refractivity contribution is 7.89. The maximum Gasteiger partial charge on any atom is 0.241 e. The van der Waals surface area contributed by atoms with E-state index >= 15 is 0 Å². The first-order chi connectivity index (χ1) is 8.90. The van der Waals surface area contributed by atoms with Gasteiger partial charge in [-0.25, -0.2) is 17.5 Å². The average molecular weight is 288 g/mol. The van der Waals surface area contributed by atoms with Crippen LogP contribution in [0.2, 0.25) is 0 Å². The van der Waals surface area contributed by atoms with Crippen LogP contribution in [0.1, 0.15) is 32.8 Å². The van der Waals surface area contributed by atoms with E-state index < -0.39 is 15.8 Å². The second-order valence-electron chi connectivity index (χ2n) is 4.46. The Labute approximate surface area is 114 Å². The van der Waals surface area contributed by atoms with Crippen LogP contribution in [0, 0.1) is 5.82 Å². The Morgan fingerprint density at radius 2 is 2.00 bits per heavy atom. The first-order valence-electron chi connectivity index (χ1n) is 6.42. The molecule has 1 atom stereocenters. The number of rotatable bonds is 7. The second kappa shape index (κ2) is 6.98. The molecule has 108 valence electrons. The molecule has 0 fully saturated rings. The molecule has 19 heavy (non-hydrogen) atoms. The van der Waals surface area contributed by atoms with E-state index in [0.29, 0.717) is 18.5 Å². The number of hydrogen-bond donors (Lipinski definition) is 2. The molecule has 0 saturated carbocycles. The summed E-state index contributed by atoms with van der Waals surface area (Å²) in [5.41, 5.74) is 0.569. The topological polar surface area (TPSA) is 58.2 Å². The minimum absolute atomic E-state index is 0.00810. The highest BCUT2D eigenvalue weighted by atomic mass is 32.2. The lowest BCUT2D eigenvalue weighted by Crippen LogP contribution is -2.33. The van der Waals surface area contributed by atoms with Gasteiger partial charge < -0.3 is 5.32 Å². The van der Waals surface area contributed by atoms with Crippen LogP contribution < -0.4 is 10.0 Å². The number of benzene rings is 1. The van der Waals surface area contributed by atoms with Crippen LogP contribution in [-0.2, 0) is 16.6 Å². The molecule has 1 aromatic carbocycles. The van der Waals surface area contributed by atoms with Gasteiger partial charge in [0, 0.05) is 12.6 Å². The molecule has 0 amide bonds. The minimum atomic E-state index is -3.69. The predicted molar refractivity (Wildman–Crippen MR) is 73.9 cm³/mol. The van der Waals surface area contributed by atoms with Crippen molar-refractivity contribution in [3.8, 4) is 0 Å². The molecule has 6 heteroatoms. The second-order valence-corrected chi connectivity index (χ2v) is 6.15. The van der Waals surface area contributed by atoms with Crippen molar-refractivity contribution >= 4 is 10.0 Å². The van der Waals surface area contributed by atoms with Gasteiger partial charge in [0.15, 0.2) is 0 Å². The van der Waals surface area contributed by atoms with E-state index in [9.17, 15) is 12.8 Å². The fourth-order valence-electron chi connectivity index (χ4n) is 1.60. The fraction of sp³-hybridized carbons (Fsp3) is 0.538. The molecule has 0 saturated heterocycles. The Kier molecular flexibility index (Phi) is 5.90. The zero-order valence-corrected chi connectivity index (χ0v) is 12.3. The zero-order chi connectivity index (χ0) is 14.5. The maximum absolute atomic E-state index is 13.3. The summed E-state index contributed by atoms with van der Waals surface area (Å²) in [6, 6.07) is 3.66. The molecule has 1 rings (SSSR count). The fourth-order valence-corrected chi connectivity index (χ4v) is 3.17. The van der Waals surface area contributed by atoms with Gasteiger partial charge in [-0.2, -0.15) is 0 Å². The summed E-state index contributed by atoms with van der Waals surface area (Å²) in [4.78, 5) is 0.00810. The van der Waals surface area contributed by atoms with Gasteiger partial charge in [0.05, 0.1) is 4.90 Å². The Bertz CT molecular complexity index is 517. The number of sulfonamides is 1. The number of nitrogens with one attached hydrogen (secondary N) is 2. The Morgan fingerprint density at radius 1 is 1.32 bits per heavy atom. The monoisotopic (exact) mass is 288 g/mol. The van der Waals surface area contributed by atoms with E-state index in [0.717, 1.165) is 12.6 Å². The van der Waals surface area contributed by atoms with Crippen molar-refractivity contribution in [2.75, 3.05) is 6.54 Å². The van der Waals surface area contributed by atoms with Crippen molar-refractivity contribution in [3.05, 3.63) is 29.6 Å². The van der Waals surface area contributed by atoms with Crippen LogP contribution >= 0.6 is 0 Å². The van der Waals surface area contributed by atoms with Gasteiger partial charge in [-0.05, 0) is 37.6 Å². The molecule has 0 aromatic heterocycles. The molecule has 4 nitrogen and oxygen atoms in total. The van der Waals surface area contributed by atoms with Gasteiger partial charge in [0.1, 0.15) is 5.82 Å². The average Bonchev–Trinajstić information content (AvgIpc) is 2.36. The third-order valence-electron chi connectivity index (χ3n) is 2.85. The van der Waals surface area contributed by atoms with Crippen LogP contribution in [0.5, 0.6) is 0 Å². The van der Waals surface area contributed by atoms with Gasteiger partial charge in [-0.3, -0.25) is 0 Å². The lowest BCUT2D eigenvalue weighted by atomic mass is 10.2. The first kappa shape index (κ1) is 16.1. The largest absolute Gasteiger partial charge is 0.313 e. The Hall–Kier alpha value is -0.980. The van der Waals surface area contributed by atoms with Gasteiger partial charge in [-0.15, -0.1) is 0 Å². The molecule has 0 heterocycles. The summed E-state index contributed by atoms with van der Waals surface area (Å²) in [5.74, 6) is -0.551. The van der Waals surface area contributed by atoms with E-state index in [-0.39, 0.29) is 10.9 Å². The van der Waals surface area contributed by atoms with E-state index in [2.05, 4.69) is 10.0 Å². The third-order valence-corrected chi connectivity index (χ3v) is 4.52. The zero-order valence-electron chi connectivity index (χ0n) is 11.5. The van der Waals surface area contributed by atoms with Crippen molar-refractivity contribution in [1.82, 2.24) is 10.0 Å². The molecule has 0 spiro atoms. The summed E-state index contributed by atoms with van der Waals surface area (Å²) in [5, 5.41) is 3.05. The van der Waals surface area contributed by atoms with Gasteiger partial charge in [0.25, 0.3) is 0 Å². The molecule has 0 radical (unpaired) electrons.